The number of fused-ring (bicyclic) bond motifs is 1. The number of hydrogen-bond donors (Lipinski definition) is 1. The van der Waals surface area contributed by atoms with E-state index in [1.54, 1.807) is 18.3 Å². The normalized spacial score (nSPS) is 15.4. The second-order valence-corrected chi connectivity index (χ2v) is 8.60. The quantitative estimate of drug-likeness (QED) is 0.602. The highest BCUT2D eigenvalue weighted by atomic mass is 32.1. The minimum Gasteiger partial charge on any atom is -0.479 e. The first-order chi connectivity index (χ1) is 14.9. The van der Waals surface area contributed by atoms with Crippen LogP contribution in [0.2, 0.25) is 0 Å². The van der Waals surface area contributed by atoms with Crippen LogP contribution in [-0.4, -0.2) is 29.4 Å². The van der Waals surface area contributed by atoms with Gasteiger partial charge in [-0.25, -0.2) is 4.98 Å². The second kappa shape index (κ2) is 8.89. The van der Waals surface area contributed by atoms with Gasteiger partial charge in [-0.3, -0.25) is 14.5 Å². The molecule has 31 heavy (non-hydrogen) atoms. The van der Waals surface area contributed by atoms with E-state index in [9.17, 15) is 9.59 Å². The minimum atomic E-state index is -0.652. The maximum atomic E-state index is 12.9. The number of anilines is 2. The summed E-state index contributed by atoms with van der Waals surface area (Å²) in [5.74, 6) is 0.0817. The van der Waals surface area contributed by atoms with Crippen molar-refractivity contribution in [2.45, 2.75) is 39.7 Å². The maximum absolute atomic E-state index is 12.9. The van der Waals surface area contributed by atoms with Crippen LogP contribution in [0.3, 0.4) is 0 Å². The molecule has 1 aliphatic rings. The lowest BCUT2D eigenvalue weighted by Gasteiger charge is -2.32. The van der Waals surface area contributed by atoms with Gasteiger partial charge in [-0.05, 0) is 57.0 Å². The van der Waals surface area contributed by atoms with Crippen LogP contribution in [0.5, 0.6) is 5.75 Å². The summed E-state index contributed by atoms with van der Waals surface area (Å²) in [7, 11) is 0. The van der Waals surface area contributed by atoms with Crippen molar-refractivity contribution in [1.29, 1.82) is 0 Å². The van der Waals surface area contributed by atoms with E-state index in [2.05, 4.69) is 12.2 Å². The summed E-state index contributed by atoms with van der Waals surface area (Å²) in [6.07, 6.45) is 1.34. The number of hydrogen-bond acceptors (Lipinski definition) is 5. The molecule has 7 heteroatoms. The fourth-order valence-electron chi connectivity index (χ4n) is 3.48. The molecule has 1 aromatic heterocycles. The Hall–Kier alpha value is -3.19. The molecule has 0 spiro atoms. The Bertz CT molecular complexity index is 1110. The van der Waals surface area contributed by atoms with E-state index in [1.165, 1.54) is 4.90 Å². The summed E-state index contributed by atoms with van der Waals surface area (Å²) in [5.41, 5.74) is 4.16. The standard InChI is InChI=1S/C24H25N3O3S/c1-4-5-23-26-19(14-31-23)17-8-11-21-20(12-17)27(24(29)16(3)30-21)13-22(28)25-18-9-6-15(2)7-10-18/h6-12,14,16H,4-5,13H2,1-3H3,(H,25,28). The lowest BCUT2D eigenvalue weighted by molar-refractivity contribution is -0.127. The van der Waals surface area contributed by atoms with Gasteiger partial charge in [0.15, 0.2) is 6.10 Å². The largest absolute Gasteiger partial charge is 0.479 e. The number of thiazole rings is 1. The van der Waals surface area contributed by atoms with Crippen molar-refractivity contribution >= 4 is 34.5 Å². The Kier molecular flexibility index (Phi) is 6.04. The molecule has 0 saturated carbocycles. The molecule has 0 aliphatic carbocycles. The number of amides is 2. The van der Waals surface area contributed by atoms with Gasteiger partial charge in [0.25, 0.3) is 5.91 Å². The number of ether oxygens (including phenoxy) is 1. The van der Waals surface area contributed by atoms with Gasteiger partial charge in [-0.1, -0.05) is 24.6 Å². The van der Waals surface area contributed by atoms with E-state index in [1.807, 2.05) is 54.8 Å². The summed E-state index contributed by atoms with van der Waals surface area (Å²) in [5, 5.41) is 5.97. The molecule has 1 atom stereocenters. The number of rotatable bonds is 6. The fraction of sp³-hybridized carbons (Fsp3) is 0.292. The van der Waals surface area contributed by atoms with Crippen LogP contribution in [0, 0.1) is 6.92 Å². The average Bonchev–Trinajstić information content (AvgIpc) is 3.22. The topological polar surface area (TPSA) is 71.5 Å². The van der Waals surface area contributed by atoms with Crippen LogP contribution in [0.4, 0.5) is 11.4 Å². The van der Waals surface area contributed by atoms with Crippen molar-refractivity contribution in [2.24, 2.45) is 0 Å². The molecule has 1 unspecified atom stereocenters. The second-order valence-electron chi connectivity index (χ2n) is 7.66. The summed E-state index contributed by atoms with van der Waals surface area (Å²) >= 11 is 1.63. The van der Waals surface area contributed by atoms with E-state index < -0.39 is 6.10 Å². The minimum absolute atomic E-state index is 0.0883. The third-order valence-corrected chi connectivity index (χ3v) is 6.02. The molecule has 2 amide bonds. The third kappa shape index (κ3) is 4.61. The molecular weight excluding hydrogens is 410 g/mol. The Morgan fingerprint density at radius 2 is 2.00 bits per heavy atom. The van der Waals surface area contributed by atoms with Crippen LogP contribution in [-0.2, 0) is 16.0 Å². The smallest absolute Gasteiger partial charge is 0.268 e. The van der Waals surface area contributed by atoms with Gasteiger partial charge >= 0.3 is 0 Å². The van der Waals surface area contributed by atoms with Crippen LogP contribution >= 0.6 is 11.3 Å². The number of carbonyl (C=O) groups excluding carboxylic acids is 2. The Morgan fingerprint density at radius 1 is 1.23 bits per heavy atom. The van der Waals surface area contributed by atoms with E-state index in [0.717, 1.165) is 34.7 Å². The number of nitrogens with zero attached hydrogens (tertiary/aromatic N) is 2. The maximum Gasteiger partial charge on any atom is 0.268 e. The third-order valence-electron chi connectivity index (χ3n) is 5.12. The molecule has 0 fully saturated rings. The Balaban J connectivity index is 1.59. The highest BCUT2D eigenvalue weighted by molar-refractivity contribution is 7.09. The van der Waals surface area contributed by atoms with Crippen molar-refractivity contribution < 1.29 is 14.3 Å². The molecule has 6 nitrogen and oxygen atoms in total. The van der Waals surface area contributed by atoms with Crippen molar-refractivity contribution in [2.75, 3.05) is 16.8 Å². The highest BCUT2D eigenvalue weighted by Gasteiger charge is 2.33. The number of carbonyl (C=O) groups is 2. The molecule has 1 aliphatic heterocycles. The highest BCUT2D eigenvalue weighted by Crippen LogP contribution is 2.37. The summed E-state index contributed by atoms with van der Waals surface area (Å²) in [6, 6.07) is 13.2. The SMILES string of the molecule is CCCc1nc(-c2ccc3c(c2)N(CC(=O)Nc2ccc(C)cc2)C(=O)C(C)O3)cs1. The molecule has 2 aromatic carbocycles. The van der Waals surface area contributed by atoms with Gasteiger partial charge in [-0.2, -0.15) is 0 Å². The molecule has 160 valence electrons. The lowest BCUT2D eigenvalue weighted by atomic mass is 10.1. The molecule has 1 N–H and O–H groups in total. The van der Waals surface area contributed by atoms with E-state index >= 15 is 0 Å². The van der Waals surface area contributed by atoms with Crippen molar-refractivity contribution in [3.05, 3.63) is 58.4 Å². The molecule has 4 rings (SSSR count). The van der Waals surface area contributed by atoms with Crippen molar-refractivity contribution in [1.82, 2.24) is 4.98 Å². The molecule has 0 saturated heterocycles. The zero-order valence-electron chi connectivity index (χ0n) is 17.8. The summed E-state index contributed by atoms with van der Waals surface area (Å²) in [4.78, 5) is 31.8. The predicted molar refractivity (Wildman–Crippen MR) is 124 cm³/mol. The average molecular weight is 436 g/mol. The van der Waals surface area contributed by atoms with Crippen molar-refractivity contribution in [3.8, 4) is 17.0 Å². The molecule has 0 bridgehead atoms. The van der Waals surface area contributed by atoms with Crippen LogP contribution < -0.4 is 15.0 Å². The first-order valence-electron chi connectivity index (χ1n) is 10.4. The van der Waals surface area contributed by atoms with Gasteiger partial charge < -0.3 is 10.1 Å². The number of aryl methyl sites for hydroxylation is 2. The van der Waals surface area contributed by atoms with Crippen LogP contribution in [0.15, 0.2) is 47.8 Å². The van der Waals surface area contributed by atoms with Gasteiger partial charge in [0.05, 0.1) is 16.4 Å². The van der Waals surface area contributed by atoms with Crippen LogP contribution in [0.25, 0.3) is 11.3 Å². The zero-order valence-corrected chi connectivity index (χ0v) is 18.7. The first kappa shape index (κ1) is 21.1. The number of benzene rings is 2. The predicted octanol–water partition coefficient (Wildman–Crippen LogP) is 4.82. The van der Waals surface area contributed by atoms with E-state index in [-0.39, 0.29) is 18.4 Å². The Labute approximate surface area is 185 Å². The van der Waals surface area contributed by atoms with E-state index in [0.29, 0.717) is 17.1 Å². The molecule has 2 heterocycles. The molecule has 0 radical (unpaired) electrons. The fourth-order valence-corrected chi connectivity index (χ4v) is 4.39. The van der Waals surface area contributed by atoms with E-state index in [4.69, 9.17) is 9.72 Å². The van der Waals surface area contributed by atoms with Crippen molar-refractivity contribution in [3.63, 3.8) is 0 Å². The molecular formula is C24H25N3O3S. The molecule has 3 aromatic rings. The van der Waals surface area contributed by atoms with Gasteiger partial charge in [-0.15, -0.1) is 11.3 Å². The summed E-state index contributed by atoms with van der Waals surface area (Å²) < 4.78 is 5.78. The first-order valence-corrected chi connectivity index (χ1v) is 11.3. The monoisotopic (exact) mass is 435 g/mol. The zero-order chi connectivity index (χ0) is 22.0. The van der Waals surface area contributed by atoms with Gasteiger partial charge in [0.2, 0.25) is 5.91 Å². The number of aromatic nitrogens is 1. The summed E-state index contributed by atoms with van der Waals surface area (Å²) in [6.45, 7) is 5.72. The number of nitrogens with one attached hydrogen (secondary N) is 1. The lowest BCUT2D eigenvalue weighted by Crippen LogP contribution is -2.47. The van der Waals surface area contributed by atoms with Gasteiger partial charge in [0, 0.05) is 16.6 Å². The van der Waals surface area contributed by atoms with Crippen LogP contribution in [0.1, 0.15) is 30.8 Å². The Morgan fingerprint density at radius 3 is 2.74 bits per heavy atom. The van der Waals surface area contributed by atoms with Gasteiger partial charge in [0.1, 0.15) is 12.3 Å².